The molecule has 0 aliphatic carbocycles. The van der Waals surface area contributed by atoms with Gasteiger partial charge in [0.25, 0.3) is 0 Å². The van der Waals surface area contributed by atoms with E-state index < -0.39 is 103 Å². The van der Waals surface area contributed by atoms with Crippen molar-refractivity contribution in [2.45, 2.75) is 14.7 Å². The monoisotopic (exact) mass is 838 g/mol. The van der Waals surface area contributed by atoms with Crippen molar-refractivity contribution in [1.82, 2.24) is 0 Å². The molecule has 3 aromatic carbocycles. The molecule has 3 rings (SSSR count). The van der Waals surface area contributed by atoms with Crippen LogP contribution < -0.4 is 100 Å². The van der Waals surface area contributed by atoms with E-state index in [4.69, 9.17) is 11.5 Å². The van der Waals surface area contributed by atoms with E-state index in [0.29, 0.717) is 6.07 Å². The normalized spacial score (nSPS) is 12.6. The van der Waals surface area contributed by atoms with Crippen LogP contribution in [-0.2, 0) is 59.0 Å². The van der Waals surface area contributed by atoms with E-state index in [9.17, 15) is 55.7 Å². The van der Waals surface area contributed by atoms with E-state index in [-0.39, 0.29) is 110 Å². The van der Waals surface area contributed by atoms with Gasteiger partial charge in [0.15, 0.2) is 19.7 Å². The first-order valence-electron chi connectivity index (χ1n) is 12.4. The number of hydrogen-bond acceptors (Lipinski definition) is 21. The zero-order valence-corrected chi connectivity index (χ0v) is 36.7. The summed E-state index contributed by atoms with van der Waals surface area (Å²) in [6.07, 6.45) is 0. The largest absolute Gasteiger partial charge is 1.00 e. The van der Waals surface area contributed by atoms with Crippen molar-refractivity contribution in [2.75, 3.05) is 36.2 Å². The molecule has 4 N–H and O–H groups in total. The van der Waals surface area contributed by atoms with E-state index in [2.05, 4.69) is 28.8 Å². The Balaban J connectivity index is 0.00000833. The molecule has 0 fully saturated rings. The van der Waals surface area contributed by atoms with Crippen molar-refractivity contribution in [2.24, 2.45) is 20.5 Å². The molecule has 0 spiro atoms. The number of nitrogens with zero attached hydrogens (tertiary/aromatic N) is 4. The molecule has 29 heteroatoms. The maximum Gasteiger partial charge on any atom is 1.00 e. The van der Waals surface area contributed by atoms with Crippen LogP contribution in [0.15, 0.2) is 89.7 Å². The Morgan fingerprint density at radius 1 is 0.549 bits per heavy atom. The Morgan fingerprint density at radius 3 is 1.27 bits per heavy atom. The Morgan fingerprint density at radius 2 is 0.922 bits per heavy atom. The first kappa shape index (κ1) is 50.0. The second-order valence-electron chi connectivity index (χ2n) is 9.01. The molecule has 0 aromatic heterocycles. The molecule has 3 aromatic rings. The van der Waals surface area contributed by atoms with Gasteiger partial charge in [0.1, 0.15) is 21.5 Å². The van der Waals surface area contributed by atoms with Crippen LogP contribution in [0.1, 0.15) is 0 Å². The second kappa shape index (κ2) is 20.1. The fourth-order valence-electron chi connectivity index (χ4n) is 3.45. The van der Waals surface area contributed by atoms with Crippen LogP contribution in [0, 0.1) is 0 Å². The van der Waals surface area contributed by atoms with Gasteiger partial charge in [-0.1, -0.05) is 0 Å². The quantitative estimate of drug-likeness (QED) is 0.0472. The van der Waals surface area contributed by atoms with E-state index >= 15 is 0 Å². The minimum Gasteiger partial charge on any atom is -0.744 e. The van der Waals surface area contributed by atoms with Crippen molar-refractivity contribution in [3.63, 3.8) is 0 Å². The van der Waals surface area contributed by atoms with Crippen molar-refractivity contribution >= 4 is 84.7 Å². The van der Waals surface area contributed by atoms with Gasteiger partial charge in [0, 0.05) is 0 Å². The summed E-state index contributed by atoms with van der Waals surface area (Å²) in [6.45, 7) is -1.84. The maximum atomic E-state index is 12.3. The van der Waals surface area contributed by atoms with Gasteiger partial charge in [0.05, 0.1) is 62.2 Å². The van der Waals surface area contributed by atoms with Gasteiger partial charge < -0.3 is 25.1 Å². The van der Waals surface area contributed by atoms with Gasteiger partial charge in [-0.25, -0.2) is 42.1 Å². The van der Waals surface area contributed by atoms with Crippen LogP contribution >= 0.6 is 0 Å². The number of benzene rings is 3. The summed E-state index contributed by atoms with van der Waals surface area (Å²) in [5.41, 5.74) is 9.77. The molecule has 262 valence electrons. The van der Waals surface area contributed by atoms with Crippen molar-refractivity contribution in [1.29, 1.82) is 0 Å². The smallest absolute Gasteiger partial charge is 0.744 e. The third-order valence-corrected chi connectivity index (χ3v) is 10.9. The summed E-state index contributed by atoms with van der Waals surface area (Å²) in [6, 6.07) is 9.55. The van der Waals surface area contributed by atoms with E-state index in [1.807, 2.05) is 0 Å². The van der Waals surface area contributed by atoms with Gasteiger partial charge in [0.2, 0.25) is 20.8 Å². The Labute approximate surface area is 359 Å². The van der Waals surface area contributed by atoms with Crippen molar-refractivity contribution in [3.8, 4) is 0 Å². The molecule has 0 heterocycles. The molecule has 0 atom stereocenters. The fraction of sp³-hybridized carbons (Fsp3) is 0.182. The van der Waals surface area contributed by atoms with Gasteiger partial charge in [-0.05, 0) is 54.6 Å². The summed E-state index contributed by atoms with van der Waals surface area (Å²) >= 11 is 0. The summed E-state index contributed by atoms with van der Waals surface area (Å²) < 4.78 is 156. The first-order chi connectivity index (χ1) is 22.0. The Hall–Kier alpha value is -0.990. The average molecular weight is 839 g/mol. The van der Waals surface area contributed by atoms with Crippen LogP contribution in [0.25, 0.3) is 0 Å². The molecule has 0 radical (unpaired) electrons. The van der Waals surface area contributed by atoms with Crippen LogP contribution in [0.3, 0.4) is 0 Å². The molecular weight excluding hydrogens is 818 g/mol. The summed E-state index contributed by atoms with van der Waals surface area (Å²) in [7, 11) is -23.6. The van der Waals surface area contributed by atoms with Crippen molar-refractivity contribution < 1.29 is 153 Å². The fourth-order valence-corrected chi connectivity index (χ4v) is 7.03. The van der Waals surface area contributed by atoms with Crippen LogP contribution in [0.5, 0.6) is 0 Å². The number of sulfone groups is 2. The Bertz CT molecular complexity index is 2310. The SMILES string of the molecule is Nc1c(N=Nc2ccc(S(=O)(=O)CCOS(=O)(=O)[O-])cc2)cc(S(=O)(=O)[O-])c(N)c1N=Nc1ccc(S(=O)(=O)CCOS(=O)(=O)[O-])cc1.[Na+].[Na+].[Na+]. The molecule has 0 saturated heterocycles. The first-order valence-corrected chi connectivity index (χ1v) is 19.7. The molecule has 0 saturated carbocycles. The molecular formula is C22H21N6Na3O15S5. The zero-order chi connectivity index (χ0) is 36.1. The molecule has 51 heavy (non-hydrogen) atoms. The number of anilines is 2. The summed E-state index contributed by atoms with van der Waals surface area (Å²) in [5.74, 6) is -1.68. The van der Waals surface area contributed by atoms with E-state index in [0.717, 1.165) is 48.5 Å². The molecule has 0 unspecified atom stereocenters. The standard InChI is InChI=1S/C22H24N6O15S5.3Na/c23-20-18(27-25-14-1-5-16(6-2-14)44(29,30)11-9-42-47(36,37)38)13-19(46(33,34)35)21(24)22(20)28-26-15-3-7-17(8-4-15)45(31,32)12-10-43-48(39,40)41;;;/h1-8,13H,9-12,23-24H2,(H,33,34,35)(H,36,37,38)(H,39,40,41);;;/q;3*+1/p-3. The molecule has 0 bridgehead atoms. The number of hydrogen-bond donors (Lipinski definition) is 2. The predicted molar refractivity (Wildman–Crippen MR) is 160 cm³/mol. The van der Waals surface area contributed by atoms with E-state index in [1.54, 1.807) is 0 Å². The molecule has 21 nitrogen and oxygen atoms in total. The van der Waals surface area contributed by atoms with Crippen LogP contribution in [0.4, 0.5) is 34.1 Å². The topological polar surface area (TPSA) is 360 Å². The minimum atomic E-state index is -5.24. The maximum absolute atomic E-state index is 12.3. The van der Waals surface area contributed by atoms with Crippen LogP contribution in [0.2, 0.25) is 0 Å². The van der Waals surface area contributed by atoms with Gasteiger partial charge >= 0.3 is 88.7 Å². The predicted octanol–water partition coefficient (Wildman–Crippen LogP) is -7.90. The van der Waals surface area contributed by atoms with Crippen molar-refractivity contribution in [3.05, 3.63) is 54.6 Å². The summed E-state index contributed by atoms with van der Waals surface area (Å²) in [4.78, 5) is -1.59. The van der Waals surface area contributed by atoms with Gasteiger partial charge in [-0.3, -0.25) is 8.37 Å². The molecule has 0 amide bonds. The molecule has 0 aliphatic rings. The van der Waals surface area contributed by atoms with E-state index in [1.165, 1.54) is 0 Å². The Kier molecular flexibility index (Phi) is 19.7. The third-order valence-electron chi connectivity index (χ3n) is 5.68. The minimum absolute atomic E-state index is 0. The number of nitrogen functional groups attached to an aromatic ring is 2. The zero-order valence-electron chi connectivity index (χ0n) is 26.6. The average Bonchev–Trinajstić information content (AvgIpc) is 2.95. The summed E-state index contributed by atoms with van der Waals surface area (Å²) in [5, 5.41) is 15.2. The van der Waals surface area contributed by atoms with Gasteiger partial charge in [-0.15, -0.1) is 10.2 Å². The second-order valence-corrected chi connectivity index (χ2v) is 16.7. The number of azo groups is 2. The number of rotatable bonds is 15. The number of nitrogens with two attached hydrogens (primary N) is 2. The van der Waals surface area contributed by atoms with Crippen LogP contribution in [-0.4, -0.2) is 80.5 Å². The van der Waals surface area contributed by atoms with Gasteiger partial charge in [-0.2, -0.15) is 10.2 Å². The molecule has 0 aliphatic heterocycles. The third kappa shape index (κ3) is 15.7.